The number of carbonyl (C=O) groups is 1. The van der Waals surface area contributed by atoms with Gasteiger partial charge in [-0.05, 0) is 0 Å². The summed E-state index contributed by atoms with van der Waals surface area (Å²) < 4.78 is 4.41. The van der Waals surface area contributed by atoms with Crippen LogP contribution < -0.4 is 5.32 Å². The van der Waals surface area contributed by atoms with Crippen molar-refractivity contribution in [1.82, 2.24) is 15.7 Å². The van der Waals surface area contributed by atoms with Crippen LogP contribution in [0.4, 0.5) is 0 Å². The van der Waals surface area contributed by atoms with E-state index in [9.17, 15) is 4.79 Å². The third-order valence-corrected chi connectivity index (χ3v) is 0.812. The molecular formula is C4H5N3O2. The van der Waals surface area contributed by atoms with Crippen LogP contribution in [-0.2, 0) is 0 Å². The van der Waals surface area contributed by atoms with Gasteiger partial charge in [0.25, 0.3) is 5.91 Å². The monoisotopic (exact) mass is 127 g/mol. The van der Waals surface area contributed by atoms with Gasteiger partial charge in [-0.2, -0.15) is 0 Å². The highest BCUT2D eigenvalue weighted by Crippen LogP contribution is 1.90. The fraction of sp³-hybridized carbons (Fsp3) is 0.250. The van der Waals surface area contributed by atoms with Crippen molar-refractivity contribution in [2.45, 2.75) is 0 Å². The van der Waals surface area contributed by atoms with E-state index in [4.69, 9.17) is 0 Å². The van der Waals surface area contributed by atoms with Gasteiger partial charge >= 0.3 is 0 Å². The minimum Gasteiger partial charge on any atom is -0.352 e. The van der Waals surface area contributed by atoms with E-state index in [0.29, 0.717) is 0 Å². The van der Waals surface area contributed by atoms with Gasteiger partial charge in [0.2, 0.25) is 5.76 Å². The van der Waals surface area contributed by atoms with Gasteiger partial charge in [-0.15, -0.1) is 5.10 Å². The zero-order valence-corrected chi connectivity index (χ0v) is 4.79. The molecule has 0 aliphatic rings. The fourth-order valence-corrected chi connectivity index (χ4v) is 0.390. The lowest BCUT2D eigenvalue weighted by molar-refractivity contribution is 0.0926. The highest BCUT2D eigenvalue weighted by molar-refractivity contribution is 5.90. The summed E-state index contributed by atoms with van der Waals surface area (Å²) in [6.07, 6.45) is 1.25. The number of rotatable bonds is 1. The summed E-state index contributed by atoms with van der Waals surface area (Å²) in [4.78, 5) is 10.6. The van der Waals surface area contributed by atoms with Gasteiger partial charge < -0.3 is 9.84 Å². The first-order chi connectivity index (χ1) is 4.34. The molecule has 5 nitrogen and oxygen atoms in total. The van der Waals surface area contributed by atoms with Crippen molar-refractivity contribution >= 4 is 5.91 Å². The van der Waals surface area contributed by atoms with E-state index >= 15 is 0 Å². The SMILES string of the molecule is CNC(=O)c1cnno1. The topological polar surface area (TPSA) is 68.0 Å². The van der Waals surface area contributed by atoms with Crippen LogP contribution in [-0.4, -0.2) is 23.3 Å². The van der Waals surface area contributed by atoms with Gasteiger partial charge in [0, 0.05) is 12.3 Å². The van der Waals surface area contributed by atoms with Crippen LogP contribution in [0.25, 0.3) is 0 Å². The zero-order chi connectivity index (χ0) is 6.69. The molecule has 48 valence electrons. The highest BCUT2D eigenvalue weighted by atomic mass is 16.5. The van der Waals surface area contributed by atoms with Crippen molar-refractivity contribution in [3.8, 4) is 0 Å². The van der Waals surface area contributed by atoms with Crippen LogP contribution >= 0.6 is 0 Å². The van der Waals surface area contributed by atoms with Crippen LogP contribution in [0.5, 0.6) is 0 Å². The maximum absolute atomic E-state index is 10.6. The molecule has 5 heteroatoms. The van der Waals surface area contributed by atoms with Crippen molar-refractivity contribution in [1.29, 1.82) is 0 Å². The third kappa shape index (κ3) is 1.04. The molecule has 1 N–H and O–H groups in total. The second-order valence-corrected chi connectivity index (χ2v) is 1.36. The number of hydrogen-bond acceptors (Lipinski definition) is 4. The Morgan fingerprint density at radius 3 is 3.11 bits per heavy atom. The highest BCUT2D eigenvalue weighted by Gasteiger charge is 2.05. The minimum absolute atomic E-state index is 0.123. The summed E-state index contributed by atoms with van der Waals surface area (Å²) in [6.45, 7) is 0. The molecule has 1 aromatic heterocycles. The lowest BCUT2D eigenvalue weighted by atomic mass is 10.5. The van der Waals surface area contributed by atoms with Gasteiger partial charge in [0.05, 0.1) is 0 Å². The van der Waals surface area contributed by atoms with Gasteiger partial charge in [-0.1, -0.05) is 0 Å². The Labute approximate surface area is 51.0 Å². The maximum atomic E-state index is 10.6. The Balaban J connectivity index is 2.77. The number of nitrogens with zero attached hydrogens (tertiary/aromatic N) is 2. The van der Waals surface area contributed by atoms with Crippen molar-refractivity contribution in [2.24, 2.45) is 0 Å². The molecule has 1 amide bonds. The van der Waals surface area contributed by atoms with Gasteiger partial charge in [0.1, 0.15) is 6.20 Å². The van der Waals surface area contributed by atoms with Crippen LogP contribution in [0.15, 0.2) is 10.7 Å². The summed E-state index contributed by atoms with van der Waals surface area (Å²) in [5, 5.41) is 8.77. The Bertz CT molecular complexity index is 194. The summed E-state index contributed by atoms with van der Waals surface area (Å²) in [5.74, 6) is -0.197. The number of amides is 1. The summed E-state index contributed by atoms with van der Waals surface area (Å²) in [6, 6.07) is 0. The fourth-order valence-electron chi connectivity index (χ4n) is 0.390. The van der Waals surface area contributed by atoms with Gasteiger partial charge in [-0.25, -0.2) is 0 Å². The molecule has 0 fully saturated rings. The molecule has 0 aliphatic heterocycles. The molecule has 0 bridgehead atoms. The number of carbonyl (C=O) groups excluding carboxylic acids is 1. The molecule has 0 atom stereocenters. The minimum atomic E-state index is -0.319. The van der Waals surface area contributed by atoms with Crippen molar-refractivity contribution in [3.63, 3.8) is 0 Å². The van der Waals surface area contributed by atoms with E-state index in [2.05, 4.69) is 20.2 Å². The standard InChI is InChI=1S/C4H5N3O2/c1-5-4(8)3-2-6-7-9-3/h2H,1H3,(H,5,8). The Kier molecular flexibility index (Phi) is 1.44. The normalized spacial score (nSPS) is 9.00. The molecule has 0 radical (unpaired) electrons. The van der Waals surface area contributed by atoms with Gasteiger partial charge in [-0.3, -0.25) is 4.79 Å². The summed E-state index contributed by atoms with van der Waals surface area (Å²) in [5.41, 5.74) is 0. The Hall–Kier alpha value is -1.39. The molecule has 1 heterocycles. The zero-order valence-electron chi connectivity index (χ0n) is 4.79. The molecule has 1 aromatic rings. The number of aromatic nitrogens is 2. The Morgan fingerprint density at radius 1 is 1.89 bits per heavy atom. The quantitative estimate of drug-likeness (QED) is 0.548. The van der Waals surface area contributed by atoms with Crippen molar-refractivity contribution in [2.75, 3.05) is 7.05 Å². The maximum Gasteiger partial charge on any atom is 0.291 e. The molecule has 0 saturated carbocycles. The lowest BCUT2D eigenvalue weighted by Gasteiger charge is -1.87. The lowest BCUT2D eigenvalue weighted by Crippen LogP contribution is -2.16. The number of nitrogens with one attached hydrogen (secondary N) is 1. The van der Waals surface area contributed by atoms with Crippen LogP contribution in [0, 0.1) is 0 Å². The van der Waals surface area contributed by atoms with Crippen LogP contribution in [0.3, 0.4) is 0 Å². The van der Waals surface area contributed by atoms with E-state index in [1.54, 1.807) is 0 Å². The molecule has 0 aromatic carbocycles. The first kappa shape index (κ1) is 5.74. The van der Waals surface area contributed by atoms with Crippen LogP contribution in [0.1, 0.15) is 10.6 Å². The average Bonchev–Trinajstić information content (AvgIpc) is 2.37. The largest absolute Gasteiger partial charge is 0.352 e. The van der Waals surface area contributed by atoms with E-state index in [0.717, 1.165) is 0 Å². The molecule has 1 rings (SSSR count). The van der Waals surface area contributed by atoms with E-state index < -0.39 is 0 Å². The molecule has 0 saturated heterocycles. The third-order valence-electron chi connectivity index (χ3n) is 0.812. The van der Waals surface area contributed by atoms with Crippen molar-refractivity contribution < 1.29 is 9.32 Å². The molecular weight excluding hydrogens is 122 g/mol. The summed E-state index contributed by atoms with van der Waals surface area (Å²) in [7, 11) is 1.50. The molecule has 9 heavy (non-hydrogen) atoms. The van der Waals surface area contributed by atoms with Crippen LogP contribution in [0.2, 0.25) is 0 Å². The molecule has 0 aliphatic carbocycles. The summed E-state index contributed by atoms with van der Waals surface area (Å²) >= 11 is 0. The smallest absolute Gasteiger partial charge is 0.291 e. The predicted octanol–water partition coefficient (Wildman–Crippen LogP) is -0.571. The first-order valence-corrected chi connectivity index (χ1v) is 2.34. The second kappa shape index (κ2) is 2.25. The second-order valence-electron chi connectivity index (χ2n) is 1.36. The first-order valence-electron chi connectivity index (χ1n) is 2.34. The van der Waals surface area contributed by atoms with E-state index in [1.165, 1.54) is 13.2 Å². The molecule has 0 unspecified atom stereocenters. The average molecular weight is 127 g/mol. The van der Waals surface area contributed by atoms with E-state index in [-0.39, 0.29) is 11.7 Å². The molecule has 0 spiro atoms. The Morgan fingerprint density at radius 2 is 2.67 bits per heavy atom. The van der Waals surface area contributed by atoms with Gasteiger partial charge in [0.15, 0.2) is 0 Å². The predicted molar refractivity (Wildman–Crippen MR) is 27.7 cm³/mol. The number of hydrogen-bond donors (Lipinski definition) is 1. The van der Waals surface area contributed by atoms with E-state index in [1.807, 2.05) is 0 Å². The van der Waals surface area contributed by atoms with Crippen molar-refractivity contribution in [3.05, 3.63) is 12.0 Å².